The smallest absolute Gasteiger partial charge is 0.345 e. The van der Waals surface area contributed by atoms with Gasteiger partial charge in [0.25, 0.3) is 11.6 Å². The maximum Gasteiger partial charge on any atom is 0.345 e. The number of benzene rings is 1. The van der Waals surface area contributed by atoms with Crippen molar-refractivity contribution in [1.29, 1.82) is 0 Å². The van der Waals surface area contributed by atoms with Gasteiger partial charge in [0.1, 0.15) is 5.56 Å². The molecule has 128 valence electrons. The summed E-state index contributed by atoms with van der Waals surface area (Å²) in [6, 6.07) is 3.22. The van der Waals surface area contributed by atoms with Crippen LogP contribution in [0.3, 0.4) is 0 Å². The highest BCUT2D eigenvalue weighted by atomic mass is 32.2. The molecule has 0 aliphatic carbocycles. The molecule has 0 atom stereocenters. The van der Waals surface area contributed by atoms with Gasteiger partial charge in [-0.2, -0.15) is 0 Å². The van der Waals surface area contributed by atoms with Crippen molar-refractivity contribution in [3.63, 3.8) is 0 Å². The van der Waals surface area contributed by atoms with E-state index in [1.807, 2.05) is 5.32 Å². The first-order valence-corrected chi connectivity index (χ1v) is 7.79. The van der Waals surface area contributed by atoms with Crippen molar-refractivity contribution in [1.82, 2.24) is 10.6 Å². The van der Waals surface area contributed by atoms with E-state index in [2.05, 4.69) is 11.9 Å². The zero-order chi connectivity index (χ0) is 18.1. The molecule has 2 N–H and O–H groups in total. The van der Waals surface area contributed by atoms with Crippen molar-refractivity contribution in [2.24, 2.45) is 0 Å². The molecule has 0 radical (unpaired) electrons. The highest BCUT2D eigenvalue weighted by Crippen LogP contribution is 2.25. The zero-order valence-corrected chi connectivity index (χ0v) is 13.6. The maximum absolute atomic E-state index is 12.0. The van der Waals surface area contributed by atoms with Crippen LogP contribution >= 0.6 is 11.8 Å². The number of thioether (sulfide) groups is 1. The Bertz CT molecular complexity index is 676. The lowest BCUT2D eigenvalue weighted by atomic mass is 10.2. The van der Waals surface area contributed by atoms with Crippen LogP contribution in [0.1, 0.15) is 10.4 Å². The number of urea groups is 1. The third-order valence-corrected chi connectivity index (χ3v) is 3.34. The minimum atomic E-state index is -1.03. The van der Waals surface area contributed by atoms with E-state index < -0.39 is 35.1 Å². The van der Waals surface area contributed by atoms with E-state index in [-0.39, 0.29) is 12.1 Å². The number of hydrogen-bond donors (Lipinski definition) is 2. The number of rotatable bonds is 7. The number of nitro benzene ring substituents is 1. The van der Waals surface area contributed by atoms with Gasteiger partial charge in [0.15, 0.2) is 6.61 Å². The first kappa shape index (κ1) is 19.2. The molecule has 10 heteroatoms. The summed E-state index contributed by atoms with van der Waals surface area (Å²) in [5.41, 5.74) is -0.697. The fourth-order valence-corrected chi connectivity index (χ4v) is 1.99. The Labute approximate surface area is 141 Å². The predicted octanol–water partition coefficient (Wildman–Crippen LogP) is 1.49. The van der Waals surface area contributed by atoms with Crippen LogP contribution in [-0.2, 0) is 9.53 Å². The molecule has 0 fully saturated rings. The molecule has 0 spiro atoms. The van der Waals surface area contributed by atoms with Crippen LogP contribution in [0.25, 0.3) is 0 Å². The van der Waals surface area contributed by atoms with Gasteiger partial charge in [-0.3, -0.25) is 20.2 Å². The molecule has 1 aromatic carbocycles. The molecule has 0 saturated heterocycles. The number of nitro groups is 1. The lowest BCUT2D eigenvalue weighted by Gasteiger charge is -2.07. The molecule has 24 heavy (non-hydrogen) atoms. The topological polar surface area (TPSA) is 128 Å². The molecule has 0 unspecified atom stereocenters. The van der Waals surface area contributed by atoms with Crippen molar-refractivity contribution >= 4 is 35.4 Å². The van der Waals surface area contributed by atoms with E-state index in [1.165, 1.54) is 36.0 Å². The molecule has 0 saturated carbocycles. The highest BCUT2D eigenvalue weighted by molar-refractivity contribution is 7.98. The summed E-state index contributed by atoms with van der Waals surface area (Å²) >= 11 is 1.29. The minimum absolute atomic E-state index is 0.159. The Hall–Kier alpha value is -2.88. The van der Waals surface area contributed by atoms with Crippen molar-refractivity contribution < 1.29 is 24.0 Å². The van der Waals surface area contributed by atoms with Gasteiger partial charge in [0.05, 0.1) is 4.92 Å². The van der Waals surface area contributed by atoms with Crippen LogP contribution in [0.5, 0.6) is 0 Å². The molecule has 0 aliphatic rings. The van der Waals surface area contributed by atoms with E-state index in [9.17, 15) is 24.5 Å². The molecule has 0 bridgehead atoms. The van der Waals surface area contributed by atoms with Crippen molar-refractivity contribution in [3.8, 4) is 0 Å². The molecule has 9 nitrogen and oxygen atoms in total. The van der Waals surface area contributed by atoms with E-state index in [1.54, 1.807) is 6.26 Å². The van der Waals surface area contributed by atoms with E-state index >= 15 is 0 Å². The third-order valence-electron chi connectivity index (χ3n) is 2.61. The summed E-state index contributed by atoms with van der Waals surface area (Å²) in [6.45, 7) is 2.80. The zero-order valence-electron chi connectivity index (χ0n) is 12.7. The monoisotopic (exact) mass is 353 g/mol. The standard InChI is InChI=1S/C14H15N3O6S/c1-3-6-15-14(20)16-12(18)8-23-13(19)10-7-9(24-2)4-5-11(10)17(21)22/h3-5,7H,1,6,8H2,2H3,(H2,15,16,18,20). The molecule has 0 heterocycles. The van der Waals surface area contributed by atoms with Gasteiger partial charge >= 0.3 is 12.0 Å². The number of ether oxygens (including phenoxy) is 1. The van der Waals surface area contributed by atoms with Crippen LogP contribution in [0.2, 0.25) is 0 Å². The molecular formula is C14H15N3O6S. The van der Waals surface area contributed by atoms with Gasteiger partial charge in [-0.25, -0.2) is 9.59 Å². The lowest BCUT2D eigenvalue weighted by Crippen LogP contribution is -2.41. The number of esters is 1. The molecule has 1 rings (SSSR count). The normalized spacial score (nSPS) is 9.71. The molecule has 3 amide bonds. The first-order chi connectivity index (χ1) is 11.4. The number of nitrogens with one attached hydrogen (secondary N) is 2. The third kappa shape index (κ3) is 5.72. The highest BCUT2D eigenvalue weighted by Gasteiger charge is 2.23. The summed E-state index contributed by atoms with van der Waals surface area (Å²) in [5, 5.41) is 15.2. The van der Waals surface area contributed by atoms with Gasteiger partial charge < -0.3 is 10.1 Å². The Kier molecular flexibility index (Phi) is 7.43. The van der Waals surface area contributed by atoms with Gasteiger partial charge in [0.2, 0.25) is 0 Å². The predicted molar refractivity (Wildman–Crippen MR) is 86.9 cm³/mol. The minimum Gasteiger partial charge on any atom is -0.452 e. The molecule has 1 aromatic rings. The first-order valence-electron chi connectivity index (χ1n) is 6.57. The average Bonchev–Trinajstić information content (AvgIpc) is 2.57. The number of hydrogen-bond acceptors (Lipinski definition) is 7. The summed E-state index contributed by atoms with van der Waals surface area (Å²) in [7, 11) is 0. The SMILES string of the molecule is C=CCNC(=O)NC(=O)COC(=O)c1cc(SC)ccc1[N+](=O)[O-]. The Balaban J connectivity index is 2.71. The quantitative estimate of drug-likeness (QED) is 0.250. The van der Waals surface area contributed by atoms with Crippen molar-refractivity contribution in [2.45, 2.75) is 4.90 Å². The summed E-state index contributed by atoms with van der Waals surface area (Å²) in [4.78, 5) is 45.6. The summed E-state index contributed by atoms with van der Waals surface area (Å²) < 4.78 is 4.72. The summed E-state index contributed by atoms with van der Waals surface area (Å²) in [5.74, 6) is -1.90. The number of amides is 3. The second-order valence-corrected chi connectivity index (χ2v) is 5.14. The van der Waals surface area contributed by atoms with Crippen LogP contribution in [0.4, 0.5) is 10.5 Å². The van der Waals surface area contributed by atoms with Crippen LogP contribution in [0.15, 0.2) is 35.7 Å². The van der Waals surface area contributed by atoms with Crippen LogP contribution in [0, 0.1) is 10.1 Å². The van der Waals surface area contributed by atoms with Gasteiger partial charge in [-0.05, 0) is 18.4 Å². The Morgan fingerprint density at radius 3 is 2.71 bits per heavy atom. The van der Waals surface area contributed by atoms with Crippen molar-refractivity contribution in [3.05, 3.63) is 46.5 Å². The number of nitrogens with zero attached hydrogens (tertiary/aromatic N) is 1. The van der Waals surface area contributed by atoms with Gasteiger partial charge in [-0.15, -0.1) is 18.3 Å². The van der Waals surface area contributed by atoms with Gasteiger partial charge in [-0.1, -0.05) is 6.08 Å². The maximum atomic E-state index is 12.0. The van der Waals surface area contributed by atoms with Crippen LogP contribution in [-0.4, -0.2) is 42.2 Å². The second kappa shape index (κ2) is 9.30. The average molecular weight is 353 g/mol. The fraction of sp³-hybridized carbons (Fsp3) is 0.214. The number of carbonyl (C=O) groups excluding carboxylic acids is 3. The van der Waals surface area contributed by atoms with E-state index in [0.29, 0.717) is 4.90 Å². The number of carbonyl (C=O) groups is 3. The molecule has 0 aromatic heterocycles. The molecular weight excluding hydrogens is 338 g/mol. The fourth-order valence-electron chi connectivity index (χ4n) is 1.55. The second-order valence-electron chi connectivity index (χ2n) is 4.26. The lowest BCUT2D eigenvalue weighted by molar-refractivity contribution is -0.385. The summed E-state index contributed by atoms with van der Waals surface area (Å²) in [6.07, 6.45) is 3.16. The largest absolute Gasteiger partial charge is 0.452 e. The number of imide groups is 1. The van der Waals surface area contributed by atoms with Gasteiger partial charge in [0, 0.05) is 17.5 Å². The Morgan fingerprint density at radius 2 is 2.12 bits per heavy atom. The Morgan fingerprint density at radius 1 is 1.42 bits per heavy atom. The van der Waals surface area contributed by atoms with Crippen molar-refractivity contribution in [2.75, 3.05) is 19.4 Å². The van der Waals surface area contributed by atoms with E-state index in [4.69, 9.17) is 4.74 Å². The van der Waals surface area contributed by atoms with Crippen LogP contribution < -0.4 is 10.6 Å². The van der Waals surface area contributed by atoms with E-state index in [0.717, 1.165) is 0 Å². The molecule has 0 aliphatic heterocycles.